The molecule has 92 valence electrons. The molecule has 1 N–H and O–H groups in total. The van der Waals surface area contributed by atoms with Crippen molar-refractivity contribution in [3.63, 3.8) is 0 Å². The van der Waals surface area contributed by atoms with Gasteiger partial charge in [0, 0.05) is 24.9 Å². The number of likely N-dealkylation sites (tertiary alicyclic amines) is 1. The highest BCUT2D eigenvalue weighted by Gasteiger charge is 2.27. The molecule has 0 bridgehead atoms. The van der Waals surface area contributed by atoms with Crippen molar-refractivity contribution < 1.29 is 9.90 Å². The Morgan fingerprint density at radius 3 is 3.12 bits per heavy atom. The standard InChI is InChI=1S/C13H18N2O2/c16-10-12-5-3-9-15(12)13(17)7-6-11-4-1-2-8-14-11/h1-2,4,8,12,16H,3,5-7,9-10H2/t12-/m1/s1. The van der Waals surface area contributed by atoms with Gasteiger partial charge in [-0.1, -0.05) is 6.07 Å². The zero-order valence-corrected chi connectivity index (χ0v) is 9.88. The molecule has 0 aromatic carbocycles. The number of carbonyl (C=O) groups is 1. The number of rotatable bonds is 4. The van der Waals surface area contributed by atoms with E-state index in [9.17, 15) is 4.79 Å². The summed E-state index contributed by atoms with van der Waals surface area (Å²) >= 11 is 0. The van der Waals surface area contributed by atoms with Crippen molar-refractivity contribution in [2.24, 2.45) is 0 Å². The summed E-state index contributed by atoms with van der Waals surface area (Å²) in [6, 6.07) is 5.76. The summed E-state index contributed by atoms with van der Waals surface area (Å²) in [5, 5.41) is 9.16. The van der Waals surface area contributed by atoms with Gasteiger partial charge < -0.3 is 10.0 Å². The molecule has 1 aliphatic heterocycles. The Morgan fingerprint density at radius 1 is 1.53 bits per heavy atom. The third-order valence-corrected chi connectivity index (χ3v) is 3.23. The minimum Gasteiger partial charge on any atom is -0.394 e. The van der Waals surface area contributed by atoms with E-state index in [1.165, 1.54) is 0 Å². The first-order chi connectivity index (χ1) is 8.31. The van der Waals surface area contributed by atoms with E-state index < -0.39 is 0 Å². The SMILES string of the molecule is O=C(CCc1ccccn1)N1CCC[C@@H]1CO. The van der Waals surface area contributed by atoms with E-state index in [4.69, 9.17) is 5.11 Å². The van der Waals surface area contributed by atoms with Crippen LogP contribution >= 0.6 is 0 Å². The predicted molar refractivity (Wildman–Crippen MR) is 64.4 cm³/mol. The number of hydrogen-bond donors (Lipinski definition) is 1. The van der Waals surface area contributed by atoms with Crippen LogP contribution in [0, 0.1) is 0 Å². The molecule has 0 unspecified atom stereocenters. The van der Waals surface area contributed by atoms with Gasteiger partial charge in [-0.05, 0) is 31.4 Å². The Morgan fingerprint density at radius 2 is 2.41 bits per heavy atom. The number of aromatic nitrogens is 1. The Kier molecular flexibility index (Phi) is 4.09. The Labute approximate surface area is 101 Å². The van der Waals surface area contributed by atoms with Gasteiger partial charge in [-0.3, -0.25) is 9.78 Å². The Bertz CT molecular complexity index is 367. The van der Waals surface area contributed by atoms with Crippen LogP contribution in [0.3, 0.4) is 0 Å². The fraction of sp³-hybridized carbons (Fsp3) is 0.538. The molecule has 1 aromatic rings. The molecule has 0 radical (unpaired) electrons. The molecule has 1 fully saturated rings. The molecule has 1 saturated heterocycles. The van der Waals surface area contributed by atoms with Crippen LogP contribution in [-0.4, -0.2) is 40.1 Å². The lowest BCUT2D eigenvalue weighted by molar-refractivity contribution is -0.132. The summed E-state index contributed by atoms with van der Waals surface area (Å²) in [6.45, 7) is 0.863. The summed E-state index contributed by atoms with van der Waals surface area (Å²) in [5.41, 5.74) is 0.945. The van der Waals surface area contributed by atoms with Gasteiger partial charge in [0.15, 0.2) is 0 Å². The average Bonchev–Trinajstić information content (AvgIpc) is 2.85. The molecule has 1 aromatic heterocycles. The number of aliphatic hydroxyl groups is 1. The quantitative estimate of drug-likeness (QED) is 0.845. The Balaban J connectivity index is 1.85. The van der Waals surface area contributed by atoms with Gasteiger partial charge in [-0.15, -0.1) is 0 Å². The molecular formula is C13H18N2O2. The van der Waals surface area contributed by atoms with Crippen LogP contribution in [0.2, 0.25) is 0 Å². The first-order valence-corrected chi connectivity index (χ1v) is 6.11. The fourth-order valence-corrected chi connectivity index (χ4v) is 2.28. The number of hydrogen-bond acceptors (Lipinski definition) is 3. The van der Waals surface area contributed by atoms with Gasteiger partial charge in [0.05, 0.1) is 12.6 Å². The number of aliphatic hydroxyl groups excluding tert-OH is 1. The maximum absolute atomic E-state index is 12.0. The zero-order chi connectivity index (χ0) is 12.1. The van der Waals surface area contributed by atoms with Gasteiger partial charge in [-0.25, -0.2) is 0 Å². The number of nitrogens with zero attached hydrogens (tertiary/aromatic N) is 2. The van der Waals surface area contributed by atoms with Crippen LogP contribution in [0.5, 0.6) is 0 Å². The number of carbonyl (C=O) groups excluding carboxylic acids is 1. The summed E-state index contributed by atoms with van der Waals surface area (Å²) in [5.74, 6) is 0.132. The molecule has 1 atom stereocenters. The molecule has 0 aliphatic carbocycles. The number of pyridine rings is 1. The maximum Gasteiger partial charge on any atom is 0.223 e. The van der Waals surface area contributed by atoms with E-state index in [0.29, 0.717) is 12.8 Å². The van der Waals surface area contributed by atoms with Crippen LogP contribution in [-0.2, 0) is 11.2 Å². The lowest BCUT2D eigenvalue weighted by Gasteiger charge is -2.22. The monoisotopic (exact) mass is 234 g/mol. The van der Waals surface area contributed by atoms with Gasteiger partial charge >= 0.3 is 0 Å². The highest BCUT2D eigenvalue weighted by Crippen LogP contribution is 2.18. The third kappa shape index (κ3) is 3.03. The molecule has 0 saturated carbocycles. The van der Waals surface area contributed by atoms with Crippen molar-refractivity contribution in [2.75, 3.05) is 13.2 Å². The van der Waals surface area contributed by atoms with Gasteiger partial charge in [0.25, 0.3) is 0 Å². The lowest BCUT2D eigenvalue weighted by Crippen LogP contribution is -2.37. The van der Waals surface area contributed by atoms with E-state index in [1.54, 1.807) is 6.20 Å². The maximum atomic E-state index is 12.0. The smallest absolute Gasteiger partial charge is 0.223 e. The second-order valence-electron chi connectivity index (χ2n) is 4.39. The van der Waals surface area contributed by atoms with Crippen molar-refractivity contribution in [1.29, 1.82) is 0 Å². The van der Waals surface area contributed by atoms with Crippen molar-refractivity contribution in [3.8, 4) is 0 Å². The molecule has 2 heterocycles. The summed E-state index contributed by atoms with van der Waals surface area (Å²) < 4.78 is 0. The van der Waals surface area contributed by atoms with Crippen molar-refractivity contribution in [2.45, 2.75) is 31.7 Å². The number of amides is 1. The van der Waals surface area contributed by atoms with E-state index in [0.717, 1.165) is 25.1 Å². The van der Waals surface area contributed by atoms with Crippen LogP contribution < -0.4 is 0 Å². The van der Waals surface area contributed by atoms with Gasteiger partial charge in [-0.2, -0.15) is 0 Å². The average molecular weight is 234 g/mol. The van der Waals surface area contributed by atoms with Crippen LogP contribution in [0.4, 0.5) is 0 Å². The van der Waals surface area contributed by atoms with Crippen molar-refractivity contribution in [3.05, 3.63) is 30.1 Å². The van der Waals surface area contributed by atoms with E-state index in [-0.39, 0.29) is 18.6 Å². The minimum atomic E-state index is 0.0335. The zero-order valence-electron chi connectivity index (χ0n) is 9.88. The Hall–Kier alpha value is -1.42. The molecule has 1 aliphatic rings. The van der Waals surface area contributed by atoms with E-state index in [1.807, 2.05) is 23.1 Å². The number of aryl methyl sites for hydroxylation is 1. The molecule has 17 heavy (non-hydrogen) atoms. The molecule has 4 nitrogen and oxygen atoms in total. The lowest BCUT2D eigenvalue weighted by atomic mass is 10.2. The van der Waals surface area contributed by atoms with E-state index >= 15 is 0 Å². The largest absolute Gasteiger partial charge is 0.394 e. The molecule has 4 heteroatoms. The van der Waals surface area contributed by atoms with Gasteiger partial charge in [0.2, 0.25) is 5.91 Å². The summed E-state index contributed by atoms with van der Waals surface area (Å²) in [7, 11) is 0. The molecular weight excluding hydrogens is 216 g/mol. The summed E-state index contributed by atoms with van der Waals surface area (Å²) in [4.78, 5) is 18.0. The highest BCUT2D eigenvalue weighted by atomic mass is 16.3. The van der Waals surface area contributed by atoms with Crippen LogP contribution in [0.25, 0.3) is 0 Å². The topological polar surface area (TPSA) is 53.4 Å². The van der Waals surface area contributed by atoms with Crippen molar-refractivity contribution in [1.82, 2.24) is 9.88 Å². The molecule has 2 rings (SSSR count). The van der Waals surface area contributed by atoms with Crippen LogP contribution in [0.1, 0.15) is 25.0 Å². The first-order valence-electron chi connectivity index (χ1n) is 6.11. The highest BCUT2D eigenvalue weighted by molar-refractivity contribution is 5.77. The minimum absolute atomic E-state index is 0.0335. The molecule has 1 amide bonds. The fourth-order valence-electron chi connectivity index (χ4n) is 2.28. The van der Waals surface area contributed by atoms with E-state index in [2.05, 4.69) is 4.98 Å². The van der Waals surface area contributed by atoms with Gasteiger partial charge in [0.1, 0.15) is 0 Å². The predicted octanol–water partition coefficient (Wildman–Crippen LogP) is 0.998. The third-order valence-electron chi connectivity index (χ3n) is 3.23. The second-order valence-corrected chi connectivity index (χ2v) is 4.39. The normalized spacial score (nSPS) is 19.6. The first kappa shape index (κ1) is 12.0. The second kappa shape index (κ2) is 5.77. The van der Waals surface area contributed by atoms with Crippen LogP contribution in [0.15, 0.2) is 24.4 Å². The molecule has 0 spiro atoms. The summed E-state index contributed by atoms with van der Waals surface area (Å²) in [6.07, 6.45) is 4.82. The van der Waals surface area contributed by atoms with Crippen molar-refractivity contribution >= 4 is 5.91 Å².